The van der Waals surface area contributed by atoms with E-state index >= 15 is 0 Å². The third kappa shape index (κ3) is 4.72. The van der Waals surface area contributed by atoms with Crippen molar-refractivity contribution >= 4 is 27.7 Å². The molecule has 1 aromatic carbocycles. The summed E-state index contributed by atoms with van der Waals surface area (Å²) in [6.07, 6.45) is 3.19. The average Bonchev–Trinajstić information content (AvgIpc) is 2.84. The van der Waals surface area contributed by atoms with Gasteiger partial charge >= 0.3 is 136 Å². The molecule has 0 spiro atoms. The monoisotopic (exact) mass is 370 g/mol. The molecule has 1 atom stereocenters. The van der Waals surface area contributed by atoms with Gasteiger partial charge in [-0.2, -0.15) is 0 Å². The molecule has 0 unspecified atom stereocenters. The topological polar surface area (TPSA) is 18.5 Å². The van der Waals surface area contributed by atoms with E-state index in [-0.39, 0.29) is 11.1 Å². The van der Waals surface area contributed by atoms with Crippen molar-refractivity contribution in [2.45, 2.75) is 51.4 Å². The van der Waals surface area contributed by atoms with Gasteiger partial charge in [0.25, 0.3) is 0 Å². The van der Waals surface area contributed by atoms with E-state index < -0.39 is 8.32 Å². The predicted molar refractivity (Wildman–Crippen MR) is 92.6 cm³/mol. The van der Waals surface area contributed by atoms with Crippen molar-refractivity contribution < 1.29 is 9.16 Å². The first-order chi connectivity index (χ1) is 9.78. The van der Waals surface area contributed by atoms with Gasteiger partial charge in [0.1, 0.15) is 0 Å². The summed E-state index contributed by atoms with van der Waals surface area (Å²) in [4.78, 5) is 0. The first-order valence-corrected chi connectivity index (χ1v) is 12.1. The number of ether oxygens (including phenoxy) is 1. The molecule has 1 aromatic rings. The van der Waals surface area contributed by atoms with E-state index in [1.165, 1.54) is 8.93 Å². The van der Waals surface area contributed by atoms with Crippen LogP contribution >= 0.6 is 0 Å². The van der Waals surface area contributed by atoms with Gasteiger partial charge in [-0.05, 0) is 0 Å². The number of hydrogen-bond donors (Lipinski definition) is 0. The molecule has 0 amide bonds. The Morgan fingerprint density at radius 3 is 2.52 bits per heavy atom. The molecule has 116 valence electrons. The van der Waals surface area contributed by atoms with Crippen LogP contribution < -0.4 is 4.46 Å². The second-order valence-corrected chi connectivity index (χ2v) is 14.4. The molecule has 0 fully saturated rings. The molecule has 2 nitrogen and oxygen atoms in total. The van der Waals surface area contributed by atoms with E-state index in [1.54, 1.807) is 0 Å². The summed E-state index contributed by atoms with van der Waals surface area (Å²) in [5.74, 6) is 0. The van der Waals surface area contributed by atoms with Crippen LogP contribution in [0.3, 0.4) is 0 Å². The van der Waals surface area contributed by atoms with Crippen molar-refractivity contribution in [3.8, 4) is 0 Å². The van der Waals surface area contributed by atoms with Gasteiger partial charge in [-0.3, -0.25) is 0 Å². The summed E-state index contributed by atoms with van der Waals surface area (Å²) in [7, 11) is -1.67. The first-order valence-electron chi connectivity index (χ1n) is 7.49. The quantitative estimate of drug-likeness (QED) is 0.738. The Bertz CT molecular complexity index is 491. The maximum atomic E-state index is 6.26. The molecule has 0 bridgehead atoms. The summed E-state index contributed by atoms with van der Waals surface area (Å²) in [5.41, 5.74) is 0. The Morgan fingerprint density at radius 2 is 1.90 bits per heavy atom. The summed E-state index contributed by atoms with van der Waals surface area (Å²) in [6.45, 7) is 12.1. The van der Waals surface area contributed by atoms with Crippen LogP contribution in [-0.4, -0.2) is 36.0 Å². The van der Waals surface area contributed by atoms with Gasteiger partial charge in [-0.25, -0.2) is 0 Å². The molecule has 0 saturated heterocycles. The molecular formula is C17H26O2SeSi. The van der Waals surface area contributed by atoms with Gasteiger partial charge in [0.05, 0.1) is 0 Å². The summed E-state index contributed by atoms with van der Waals surface area (Å²) in [6, 6.07) is 10.7. The van der Waals surface area contributed by atoms with Gasteiger partial charge in [0.15, 0.2) is 0 Å². The third-order valence-electron chi connectivity index (χ3n) is 4.25. The minimum atomic E-state index is -1.67. The van der Waals surface area contributed by atoms with Gasteiger partial charge in [0.2, 0.25) is 0 Å². The van der Waals surface area contributed by atoms with Crippen molar-refractivity contribution in [2.24, 2.45) is 0 Å². The van der Waals surface area contributed by atoms with E-state index in [0.717, 1.165) is 13.0 Å². The van der Waals surface area contributed by atoms with Crippen molar-refractivity contribution in [3.05, 3.63) is 41.1 Å². The van der Waals surface area contributed by atoms with Crippen molar-refractivity contribution in [1.82, 2.24) is 0 Å². The molecule has 1 aliphatic rings. The molecule has 21 heavy (non-hydrogen) atoms. The van der Waals surface area contributed by atoms with Crippen LogP contribution in [-0.2, 0) is 9.16 Å². The van der Waals surface area contributed by atoms with Crippen LogP contribution in [0.5, 0.6) is 0 Å². The molecule has 0 aromatic heterocycles. The minimum absolute atomic E-state index is 0.208. The van der Waals surface area contributed by atoms with Crippen LogP contribution in [0.1, 0.15) is 27.2 Å². The van der Waals surface area contributed by atoms with Gasteiger partial charge in [-0.15, -0.1) is 0 Å². The van der Waals surface area contributed by atoms with Crippen LogP contribution in [0.2, 0.25) is 18.1 Å². The normalized spacial score (nSPS) is 19.3. The van der Waals surface area contributed by atoms with Crippen molar-refractivity contribution in [3.63, 3.8) is 0 Å². The fraction of sp³-hybridized carbons (Fsp3) is 0.529. The maximum absolute atomic E-state index is 6.26. The average molecular weight is 369 g/mol. The van der Waals surface area contributed by atoms with E-state index in [1.807, 2.05) is 6.26 Å². The van der Waals surface area contributed by atoms with E-state index in [2.05, 4.69) is 64.2 Å². The molecule has 4 heteroatoms. The summed E-state index contributed by atoms with van der Waals surface area (Å²) >= 11 is 0.382. The van der Waals surface area contributed by atoms with Gasteiger partial charge < -0.3 is 0 Å². The van der Waals surface area contributed by atoms with Gasteiger partial charge in [-0.1, -0.05) is 0 Å². The number of hydrogen-bond acceptors (Lipinski definition) is 2. The zero-order chi connectivity index (χ0) is 15.5. The summed E-state index contributed by atoms with van der Waals surface area (Å²) < 4.78 is 14.9. The molecule has 0 N–H and O–H groups in total. The van der Waals surface area contributed by atoms with E-state index in [0.29, 0.717) is 15.0 Å². The Labute approximate surface area is 136 Å². The molecule has 0 aliphatic carbocycles. The second-order valence-electron chi connectivity index (χ2n) is 7.03. The Balaban J connectivity index is 1.80. The van der Waals surface area contributed by atoms with Crippen LogP contribution in [0.25, 0.3) is 0 Å². The Morgan fingerprint density at radius 1 is 1.24 bits per heavy atom. The fourth-order valence-corrected chi connectivity index (χ4v) is 4.88. The zero-order valence-electron chi connectivity index (χ0n) is 13.7. The molecule has 1 aliphatic heterocycles. The van der Waals surface area contributed by atoms with Crippen LogP contribution in [0.4, 0.5) is 0 Å². The molecule has 0 radical (unpaired) electrons. The molecule has 0 saturated carbocycles. The Hall–Kier alpha value is -0.544. The predicted octanol–water partition coefficient (Wildman–Crippen LogP) is 3.67. The Kier molecular flexibility index (Phi) is 5.36. The second kappa shape index (κ2) is 6.70. The molecule has 1 heterocycles. The fourth-order valence-electron chi connectivity index (χ4n) is 1.81. The zero-order valence-corrected chi connectivity index (χ0v) is 16.4. The SMILES string of the molecule is CC(C)(C)[Si](C)(C)OC[C@@H]1CC([Se]c2ccccc2)=CO1. The van der Waals surface area contributed by atoms with E-state index in [4.69, 9.17) is 9.16 Å². The first kappa shape index (κ1) is 16.8. The summed E-state index contributed by atoms with van der Waals surface area (Å²) in [5, 5.41) is 0.260. The van der Waals surface area contributed by atoms with Crippen molar-refractivity contribution in [2.75, 3.05) is 6.61 Å². The standard InChI is InChI=1S/C17H26O2SeSi/c1-17(2,3)21(4,5)19-12-14-11-16(13-18-14)20-15-9-7-6-8-10-15/h6-10,13-14H,11-12H2,1-5H3/t14-/m0/s1. The van der Waals surface area contributed by atoms with E-state index in [9.17, 15) is 0 Å². The molecule has 2 rings (SSSR count). The number of rotatable bonds is 5. The van der Waals surface area contributed by atoms with Gasteiger partial charge in [0, 0.05) is 0 Å². The van der Waals surface area contributed by atoms with Crippen molar-refractivity contribution in [1.29, 1.82) is 0 Å². The van der Waals surface area contributed by atoms with Crippen LogP contribution in [0.15, 0.2) is 41.1 Å². The number of benzene rings is 1. The van der Waals surface area contributed by atoms with Crippen LogP contribution in [0, 0.1) is 0 Å². The third-order valence-corrected chi connectivity index (χ3v) is 10.9. The molecular weight excluding hydrogens is 343 g/mol.